The van der Waals surface area contributed by atoms with Gasteiger partial charge in [0.05, 0.1) is 169 Å². The predicted molar refractivity (Wildman–Crippen MR) is 520 cm³/mol. The smallest absolute Gasteiger partial charge is 0.336 e. The monoisotopic (exact) mass is 1980 g/mol. The van der Waals surface area contributed by atoms with Gasteiger partial charge in [0.15, 0.2) is 21.7 Å². The van der Waals surface area contributed by atoms with Crippen molar-refractivity contribution in [1.82, 2.24) is 41.2 Å². The number of aromatic amines is 1. The van der Waals surface area contributed by atoms with E-state index >= 15 is 0 Å². The zero-order valence-electron chi connectivity index (χ0n) is 79.8. The van der Waals surface area contributed by atoms with E-state index in [1.165, 1.54) is 48.7 Å². The number of aromatic nitrogens is 4. The Morgan fingerprint density at radius 2 is 0.871 bits per heavy atom. The van der Waals surface area contributed by atoms with E-state index < -0.39 is 29.4 Å². The number of amides is 2. The van der Waals surface area contributed by atoms with Crippen LogP contribution in [0.3, 0.4) is 0 Å². The second-order valence-electron chi connectivity index (χ2n) is 31.2. The van der Waals surface area contributed by atoms with Gasteiger partial charge in [-0.15, -0.1) is 0 Å². The average molecular weight is 1980 g/mol. The fourth-order valence-corrected chi connectivity index (χ4v) is 13.2. The van der Waals surface area contributed by atoms with Gasteiger partial charge in [-0.2, -0.15) is 4.98 Å². The van der Waals surface area contributed by atoms with Crippen LogP contribution < -0.4 is 48.6 Å². The Labute approximate surface area is 815 Å². The van der Waals surface area contributed by atoms with Crippen LogP contribution in [0.5, 0.6) is 5.75 Å². The quantitative estimate of drug-likeness (QED) is 0.0103. The highest BCUT2D eigenvalue weighted by Gasteiger charge is 2.25. The Hall–Kier alpha value is -9.63. The number of aromatic carboxylic acids is 1. The molecule has 0 saturated carbocycles. The first-order valence-electron chi connectivity index (χ1n) is 47.7. The molecule has 7 rings (SSSR count). The van der Waals surface area contributed by atoms with Crippen LogP contribution in [0.4, 0.5) is 17.3 Å². The van der Waals surface area contributed by atoms with Gasteiger partial charge in [0.2, 0.25) is 11.9 Å². The molecule has 0 saturated heterocycles. The molecule has 0 spiro atoms. The molecular formula is C96H143N11O31S. The Kier molecular flexibility index (Phi) is 63.7. The molecule has 3 heterocycles. The largest absolute Gasteiger partial charge is 0.508 e. The van der Waals surface area contributed by atoms with Crippen LogP contribution in [0.25, 0.3) is 44.6 Å². The summed E-state index contributed by atoms with van der Waals surface area (Å²) >= 11 is 5.45. The molecule has 0 bridgehead atoms. The number of nitrogens with two attached hydrogens (primary N) is 1. The van der Waals surface area contributed by atoms with Crippen LogP contribution in [0.2, 0.25) is 0 Å². The standard InChI is InChI=1S/C96H143N11O31S/c97-95-106-90-89(92(113)107-95)103-76(71-102-90)70-101-74-14-12-73(13-15-74)91(112)105-84(94(116)117)22-23-87(111)99-26-46-137-66-65-136-45-10-44-135-64-63-134-43-9-42-133-62-61-132-41-8-40-131-60-59-130-39-7-38-129-58-57-128-37-6-36-127-56-55-126-35-5-34-125-54-53-124-33-4-32-123-52-51-122-31-3-30-121-50-49-120-29-2-28-119-48-47-118-27-1-11-79(110)72-98-24-25-100-96(139)104-75-16-19-80(83(67-75)93(114)115)88-81-20-17-77(108)68-85(81)138-86-69-78(109)18-21-82(86)88/h12-21,67-69,71,84,98,101,108H,1-11,22-66,70,72H2,(H,99,111)(H,105,112)(H,114,115)(H,116,117)(H2,100,104,139)(H3,97,102,106,107,113)/t84-/m0/s1. The van der Waals surface area contributed by atoms with E-state index in [0.717, 1.165) is 51.4 Å². The summed E-state index contributed by atoms with van der Waals surface area (Å²) in [6.07, 6.45) is 9.21. The minimum atomic E-state index is -1.29. The molecule has 0 fully saturated rings. The number of ether oxygens (including phenoxy) is 20. The van der Waals surface area contributed by atoms with Crippen molar-refractivity contribution in [1.29, 1.82) is 0 Å². The maximum atomic E-state index is 12.9. The summed E-state index contributed by atoms with van der Waals surface area (Å²) in [6, 6.07) is 18.7. The lowest BCUT2D eigenvalue weighted by Gasteiger charge is -2.18. The molecule has 0 radical (unpaired) electrons. The maximum Gasteiger partial charge on any atom is 0.336 e. The average Bonchev–Trinajstić information content (AvgIpc) is 0.746. The molecule has 5 aromatic rings. The number of carbonyl (C=O) groups is 5. The van der Waals surface area contributed by atoms with Gasteiger partial charge >= 0.3 is 11.9 Å². The zero-order valence-corrected chi connectivity index (χ0v) is 80.6. The number of Topliss-reactive ketones (excluding diaryl/α,β-unsaturated/α-hetero) is 1. The summed E-state index contributed by atoms with van der Waals surface area (Å²) in [6.45, 7) is 22.7. The number of phenols is 1. The second-order valence-corrected chi connectivity index (χ2v) is 31.6. The van der Waals surface area contributed by atoms with E-state index in [4.69, 9.17) is 117 Å². The molecule has 12 N–H and O–H groups in total. The Morgan fingerprint density at radius 1 is 0.446 bits per heavy atom. The third kappa shape index (κ3) is 54.3. The first kappa shape index (κ1) is 116. The van der Waals surface area contributed by atoms with E-state index in [-0.39, 0.29) is 101 Å². The molecule has 3 aromatic carbocycles. The minimum Gasteiger partial charge on any atom is -0.508 e. The van der Waals surface area contributed by atoms with Crippen molar-refractivity contribution < 1.29 is 138 Å². The lowest BCUT2D eigenvalue weighted by molar-refractivity contribution is -0.139. The number of carboxylic acids is 2. The summed E-state index contributed by atoms with van der Waals surface area (Å²) in [5, 5.41) is 48.4. The van der Waals surface area contributed by atoms with Crippen molar-refractivity contribution in [2.24, 2.45) is 0 Å². The summed E-state index contributed by atoms with van der Waals surface area (Å²) in [5.41, 5.74) is 8.45. The zero-order chi connectivity index (χ0) is 98.7. The molecule has 43 heteroatoms. The molecule has 139 heavy (non-hydrogen) atoms. The molecule has 1 aliphatic heterocycles. The number of phenolic OH excluding ortho intramolecular Hbond substituents is 1. The third-order valence-corrected chi connectivity index (χ3v) is 20.2. The van der Waals surface area contributed by atoms with E-state index in [1.807, 2.05) is 0 Å². The summed E-state index contributed by atoms with van der Waals surface area (Å²) in [4.78, 5) is 101. The Bertz CT molecular complexity index is 4610. The van der Waals surface area contributed by atoms with Gasteiger partial charge in [-0.05, 0) is 149 Å². The summed E-state index contributed by atoms with van der Waals surface area (Å²) in [5.74, 6) is -3.22. The van der Waals surface area contributed by atoms with E-state index in [2.05, 4.69) is 51.8 Å². The Balaban J connectivity index is 0.479. The summed E-state index contributed by atoms with van der Waals surface area (Å²) < 4.78 is 118. The number of H-pyrrole nitrogens is 1. The van der Waals surface area contributed by atoms with Crippen LogP contribution in [0, 0.1) is 0 Å². The lowest BCUT2D eigenvalue weighted by atomic mass is 9.90. The number of hydrogen-bond donors (Lipinski definition) is 11. The fraction of sp³-hybridized carbons (Fsp3) is 0.615. The van der Waals surface area contributed by atoms with Crippen LogP contribution in [0.1, 0.15) is 110 Å². The number of hydrogen-bond acceptors (Lipinski definition) is 36. The van der Waals surface area contributed by atoms with Crippen LogP contribution in [0.15, 0.2) is 99.1 Å². The molecule has 2 amide bonds. The Morgan fingerprint density at radius 3 is 1.31 bits per heavy atom. The number of nitrogen functional groups attached to an aromatic ring is 1. The number of rotatable bonds is 90. The van der Waals surface area contributed by atoms with Crippen LogP contribution in [-0.2, 0) is 116 Å². The third-order valence-electron chi connectivity index (χ3n) is 20.0. The SMILES string of the molecule is Nc1nc2ncc(CNc3ccc(C(=O)N[C@@H](CCC(=O)NCCOCCOCCCOCCOCCCOCCOCCCOCCOCCCOCCOCCCOCCOCCCOCCOCCCOCCOCCCOCCOCCCOCCOCCCC(=O)CNCCNC(=S)Nc4ccc(-c5c6ccc(=O)cc-6oc6cc(O)ccc56)c(C(=O)O)c4)C(=O)O)cc3)nc2c(=O)[nH]1. The number of carbonyl (C=O) groups excluding carboxylic acids is 3. The molecule has 1 atom stereocenters. The predicted octanol–water partition coefficient (Wildman–Crippen LogP) is 7.04. The highest BCUT2D eigenvalue weighted by Crippen LogP contribution is 2.42. The van der Waals surface area contributed by atoms with Crippen molar-refractivity contribution in [3.8, 4) is 28.2 Å². The normalized spacial score (nSPS) is 11.7. The fourth-order valence-electron chi connectivity index (χ4n) is 13.0. The molecule has 1 aliphatic carbocycles. The first-order chi connectivity index (χ1) is 68.1. The molecular weight excluding hydrogens is 1840 g/mol. The van der Waals surface area contributed by atoms with Gasteiger partial charge in [-0.25, -0.2) is 19.6 Å². The highest BCUT2D eigenvalue weighted by molar-refractivity contribution is 7.80. The van der Waals surface area contributed by atoms with Crippen LogP contribution in [-0.4, -0.2) is 366 Å². The number of aromatic hydroxyl groups is 1. The van der Waals surface area contributed by atoms with E-state index in [9.17, 15) is 48.9 Å². The van der Waals surface area contributed by atoms with Gasteiger partial charge in [-0.1, -0.05) is 6.07 Å². The lowest BCUT2D eigenvalue weighted by Crippen LogP contribution is -2.41. The second kappa shape index (κ2) is 76.2. The molecule has 0 unspecified atom stereocenters. The van der Waals surface area contributed by atoms with Gasteiger partial charge in [-0.3, -0.25) is 29.0 Å². The first-order valence-corrected chi connectivity index (χ1v) is 48.1. The molecule has 42 nitrogen and oxygen atoms in total. The number of ketones is 1. The molecule has 2 aliphatic rings. The minimum absolute atomic E-state index is 0.0130. The van der Waals surface area contributed by atoms with Crippen molar-refractivity contribution >= 4 is 86.3 Å². The van der Waals surface area contributed by atoms with Crippen molar-refractivity contribution in [3.05, 3.63) is 122 Å². The molecule has 2 aromatic heterocycles. The maximum absolute atomic E-state index is 12.9. The number of thiocarbonyl (C=S) groups is 1. The van der Waals surface area contributed by atoms with Crippen molar-refractivity contribution in [2.45, 2.75) is 96.1 Å². The number of nitrogens with one attached hydrogen (secondary N) is 7. The number of fused-ring (bicyclic) bond motifs is 3. The number of benzene rings is 4. The van der Waals surface area contributed by atoms with E-state index in [1.54, 1.807) is 36.4 Å². The van der Waals surface area contributed by atoms with Gasteiger partial charge in [0.25, 0.3) is 11.5 Å². The summed E-state index contributed by atoms with van der Waals surface area (Å²) in [7, 11) is 0. The van der Waals surface area contributed by atoms with Gasteiger partial charge < -0.3 is 152 Å². The number of nitrogens with zero attached hydrogens (tertiary/aromatic N) is 3. The van der Waals surface area contributed by atoms with Crippen molar-refractivity contribution in [2.75, 3.05) is 307 Å². The van der Waals surface area contributed by atoms with E-state index in [0.29, 0.717) is 335 Å². The van der Waals surface area contributed by atoms with Gasteiger partial charge in [0, 0.05) is 204 Å². The number of anilines is 3. The van der Waals surface area contributed by atoms with Crippen LogP contribution >= 0.6 is 12.2 Å². The molecule has 774 valence electrons. The number of aliphatic carboxylic acids is 1. The number of carboxylic acid groups (broad SMARTS) is 2. The highest BCUT2D eigenvalue weighted by atomic mass is 32.1. The van der Waals surface area contributed by atoms with Gasteiger partial charge in [0.1, 0.15) is 28.9 Å². The topological polar surface area (TPSA) is 531 Å². The van der Waals surface area contributed by atoms with Crippen molar-refractivity contribution in [3.63, 3.8) is 0 Å².